The van der Waals surface area contributed by atoms with Gasteiger partial charge in [-0.1, -0.05) is 41.4 Å². The van der Waals surface area contributed by atoms with Crippen LogP contribution in [-0.2, 0) is 21.4 Å². The van der Waals surface area contributed by atoms with E-state index in [0.29, 0.717) is 42.8 Å². The molecule has 3 aromatic rings. The number of pyridine rings is 1. The molecule has 1 saturated heterocycles. The number of aryl methyl sites for hydroxylation is 1. The van der Waals surface area contributed by atoms with E-state index in [2.05, 4.69) is 10.3 Å². The number of halogens is 2. The van der Waals surface area contributed by atoms with E-state index in [9.17, 15) is 13.2 Å². The van der Waals surface area contributed by atoms with Crippen molar-refractivity contribution in [2.24, 2.45) is 5.73 Å². The summed E-state index contributed by atoms with van der Waals surface area (Å²) in [5.41, 5.74) is 7.38. The van der Waals surface area contributed by atoms with E-state index in [1.54, 1.807) is 6.07 Å². The van der Waals surface area contributed by atoms with Gasteiger partial charge in [0.1, 0.15) is 28.8 Å². The summed E-state index contributed by atoms with van der Waals surface area (Å²) in [6.07, 6.45) is 2.54. The molecule has 198 valence electrons. The van der Waals surface area contributed by atoms with E-state index in [1.165, 1.54) is 16.4 Å². The van der Waals surface area contributed by atoms with Gasteiger partial charge in [-0.3, -0.25) is 4.79 Å². The fraction of sp³-hybridized carbons (Fsp3) is 0.385. The quantitative estimate of drug-likeness (QED) is 0.352. The lowest BCUT2D eigenvalue weighted by Crippen LogP contribution is -2.46. The van der Waals surface area contributed by atoms with Crippen molar-refractivity contribution in [3.05, 3.63) is 63.8 Å². The summed E-state index contributed by atoms with van der Waals surface area (Å²) in [6.45, 7) is 3.06. The highest BCUT2D eigenvalue weighted by Gasteiger charge is 2.40. The van der Waals surface area contributed by atoms with Crippen molar-refractivity contribution in [2.45, 2.75) is 50.2 Å². The maximum atomic E-state index is 13.6. The Labute approximate surface area is 227 Å². The molecule has 2 aromatic carbocycles. The van der Waals surface area contributed by atoms with E-state index in [-0.39, 0.29) is 34.0 Å². The molecule has 4 rings (SSSR count). The van der Waals surface area contributed by atoms with E-state index < -0.39 is 16.1 Å². The summed E-state index contributed by atoms with van der Waals surface area (Å²) in [4.78, 5) is 17.2. The van der Waals surface area contributed by atoms with Crippen LogP contribution in [0.4, 0.5) is 0 Å². The Balaban J connectivity index is 1.57. The molecule has 37 heavy (non-hydrogen) atoms. The topological polar surface area (TPSA) is 115 Å². The predicted molar refractivity (Wildman–Crippen MR) is 145 cm³/mol. The molecule has 3 N–H and O–H groups in total. The number of ether oxygens (including phenoxy) is 1. The lowest BCUT2D eigenvalue weighted by atomic mass is 10.2. The van der Waals surface area contributed by atoms with Gasteiger partial charge in [0.15, 0.2) is 0 Å². The molecule has 0 saturated carbocycles. The SMILES string of the molecule is Cc1ccc2cccc(OCc3c(Cl)ccc(S(=O)(=O)N4CCC[C@H]4C(=O)NCCCCN)c3Cl)c2n1. The van der Waals surface area contributed by atoms with Crippen molar-refractivity contribution in [2.75, 3.05) is 19.6 Å². The molecule has 1 fully saturated rings. The van der Waals surface area contributed by atoms with Crippen LogP contribution in [0.1, 0.15) is 36.9 Å². The van der Waals surface area contributed by atoms with Gasteiger partial charge in [-0.25, -0.2) is 13.4 Å². The van der Waals surface area contributed by atoms with E-state index in [1.807, 2.05) is 31.2 Å². The number of para-hydroxylation sites is 1. The first kappa shape index (κ1) is 27.6. The molecule has 1 aliphatic rings. The highest BCUT2D eigenvalue weighted by molar-refractivity contribution is 7.89. The Kier molecular flexibility index (Phi) is 8.92. The van der Waals surface area contributed by atoms with Crippen LogP contribution >= 0.6 is 23.2 Å². The number of amides is 1. The smallest absolute Gasteiger partial charge is 0.245 e. The molecular formula is C26H30Cl2N4O4S. The van der Waals surface area contributed by atoms with Gasteiger partial charge in [0.25, 0.3) is 0 Å². The monoisotopic (exact) mass is 564 g/mol. The van der Waals surface area contributed by atoms with E-state index in [4.69, 9.17) is 33.7 Å². The molecule has 0 unspecified atom stereocenters. The summed E-state index contributed by atoms with van der Waals surface area (Å²) in [6, 6.07) is 11.5. The standard InChI is InChI=1S/C26H30Cl2N4O4S/c1-17-9-10-18-6-4-8-22(25(18)31-17)36-16-19-20(27)11-12-23(24(19)28)37(34,35)32-15-5-7-21(32)26(33)30-14-3-2-13-29/h4,6,8-12,21H,2-3,5,7,13-16,29H2,1H3,(H,30,33)/t21-/m0/s1. The lowest BCUT2D eigenvalue weighted by molar-refractivity contribution is -0.124. The van der Waals surface area contributed by atoms with Crippen LogP contribution in [-0.4, -0.2) is 49.3 Å². The Morgan fingerprint density at radius 1 is 1.19 bits per heavy atom. The molecule has 1 amide bonds. The third-order valence-electron chi connectivity index (χ3n) is 6.37. The Bertz CT molecular complexity index is 1400. The molecule has 8 nitrogen and oxygen atoms in total. The number of carbonyl (C=O) groups is 1. The number of hydrogen-bond donors (Lipinski definition) is 2. The van der Waals surface area contributed by atoms with E-state index in [0.717, 1.165) is 23.9 Å². The van der Waals surface area contributed by atoms with Crippen molar-refractivity contribution in [1.82, 2.24) is 14.6 Å². The van der Waals surface area contributed by atoms with Gasteiger partial charge in [-0.05, 0) is 63.4 Å². The number of fused-ring (bicyclic) bond motifs is 1. The highest BCUT2D eigenvalue weighted by Crippen LogP contribution is 2.36. The minimum atomic E-state index is -4.07. The number of carbonyl (C=O) groups excluding carboxylic acids is 1. The number of nitrogens with two attached hydrogens (primary N) is 1. The van der Waals surface area contributed by atoms with Crippen molar-refractivity contribution in [3.8, 4) is 5.75 Å². The Hall–Kier alpha value is -2.43. The van der Waals surface area contributed by atoms with Crippen LogP contribution < -0.4 is 15.8 Å². The fourth-order valence-electron chi connectivity index (χ4n) is 4.41. The molecule has 1 atom stereocenters. The van der Waals surface area contributed by atoms with Crippen molar-refractivity contribution >= 4 is 50.0 Å². The van der Waals surface area contributed by atoms with Crippen molar-refractivity contribution in [1.29, 1.82) is 0 Å². The van der Waals surface area contributed by atoms with Gasteiger partial charge < -0.3 is 15.8 Å². The summed E-state index contributed by atoms with van der Waals surface area (Å²) in [7, 11) is -4.07. The first-order valence-electron chi connectivity index (χ1n) is 12.2. The number of benzene rings is 2. The molecule has 0 radical (unpaired) electrons. The van der Waals surface area contributed by atoms with Crippen molar-refractivity contribution < 1.29 is 17.9 Å². The van der Waals surface area contributed by atoms with Crippen LogP contribution in [0.5, 0.6) is 5.75 Å². The molecule has 11 heteroatoms. The summed E-state index contributed by atoms with van der Waals surface area (Å²) < 4.78 is 34.5. The van der Waals surface area contributed by atoms with Crippen LogP contribution in [0.2, 0.25) is 10.0 Å². The van der Waals surface area contributed by atoms with Crippen LogP contribution in [0.15, 0.2) is 47.4 Å². The predicted octanol–water partition coefficient (Wildman–Crippen LogP) is 4.44. The number of aromatic nitrogens is 1. The van der Waals surface area contributed by atoms with Crippen LogP contribution in [0, 0.1) is 6.92 Å². The zero-order valence-corrected chi connectivity index (χ0v) is 22.9. The second kappa shape index (κ2) is 12.0. The molecule has 0 aliphatic carbocycles. The average molecular weight is 566 g/mol. The Morgan fingerprint density at radius 2 is 2.00 bits per heavy atom. The lowest BCUT2D eigenvalue weighted by Gasteiger charge is -2.24. The number of rotatable bonds is 10. The maximum absolute atomic E-state index is 13.6. The number of nitrogens with one attached hydrogen (secondary N) is 1. The minimum Gasteiger partial charge on any atom is -0.487 e. The fourth-order valence-corrected chi connectivity index (χ4v) is 6.93. The maximum Gasteiger partial charge on any atom is 0.245 e. The van der Waals surface area contributed by atoms with Gasteiger partial charge >= 0.3 is 0 Å². The number of unbranched alkanes of at least 4 members (excludes halogenated alkanes) is 1. The second-order valence-corrected chi connectivity index (χ2v) is 11.6. The van der Waals surface area contributed by atoms with Gasteiger partial charge in [-0.15, -0.1) is 0 Å². The summed E-state index contributed by atoms with van der Waals surface area (Å²) in [5.74, 6) is 0.220. The molecule has 1 aliphatic heterocycles. The van der Waals surface area contributed by atoms with E-state index >= 15 is 0 Å². The van der Waals surface area contributed by atoms with Gasteiger partial charge in [0.2, 0.25) is 15.9 Å². The first-order chi connectivity index (χ1) is 17.7. The first-order valence-corrected chi connectivity index (χ1v) is 14.4. The Morgan fingerprint density at radius 3 is 2.78 bits per heavy atom. The van der Waals surface area contributed by atoms with Crippen molar-refractivity contribution in [3.63, 3.8) is 0 Å². The normalized spacial score (nSPS) is 16.3. The average Bonchev–Trinajstić information content (AvgIpc) is 3.38. The third-order valence-corrected chi connectivity index (χ3v) is 9.22. The van der Waals surface area contributed by atoms with Crippen LogP contribution in [0.3, 0.4) is 0 Å². The van der Waals surface area contributed by atoms with Gasteiger partial charge in [0.05, 0.1) is 5.02 Å². The molecule has 1 aromatic heterocycles. The third kappa shape index (κ3) is 6.02. The number of nitrogens with zero attached hydrogens (tertiary/aromatic N) is 2. The van der Waals surface area contributed by atoms with Crippen LogP contribution in [0.25, 0.3) is 10.9 Å². The van der Waals surface area contributed by atoms with Gasteiger partial charge in [-0.2, -0.15) is 4.31 Å². The zero-order chi connectivity index (χ0) is 26.6. The summed E-state index contributed by atoms with van der Waals surface area (Å²) in [5, 5.41) is 4.00. The molecule has 0 bridgehead atoms. The molecule has 0 spiro atoms. The molecule has 2 heterocycles. The minimum absolute atomic E-state index is 0.0223. The highest BCUT2D eigenvalue weighted by atomic mass is 35.5. The van der Waals surface area contributed by atoms with Gasteiger partial charge in [0, 0.05) is 34.8 Å². The number of hydrogen-bond acceptors (Lipinski definition) is 6. The molecular weight excluding hydrogens is 535 g/mol. The largest absolute Gasteiger partial charge is 0.487 e. The zero-order valence-electron chi connectivity index (χ0n) is 20.5. The summed E-state index contributed by atoms with van der Waals surface area (Å²) >= 11 is 13.1. The number of sulfonamides is 1. The second-order valence-electron chi connectivity index (χ2n) is 8.97.